The lowest BCUT2D eigenvalue weighted by Crippen LogP contribution is -2.46. The number of rotatable bonds is 2. The molecule has 0 aromatic carbocycles. The standard InChI is InChI=1S/C14H20ClN5/c1-19-7-16-11-12(19)18-14(15)20(2)13(11)17-10-6-8-3-4-9(10)5-8/h7-10,13,17H,3-6H2,1-2H3. The molecule has 108 valence electrons. The van der Waals surface area contributed by atoms with Crippen LogP contribution in [-0.2, 0) is 7.05 Å². The van der Waals surface area contributed by atoms with Gasteiger partial charge in [0.15, 0.2) is 5.82 Å². The van der Waals surface area contributed by atoms with Crippen molar-refractivity contribution in [1.82, 2.24) is 19.8 Å². The van der Waals surface area contributed by atoms with E-state index >= 15 is 0 Å². The fourth-order valence-electron chi connectivity index (χ4n) is 4.07. The summed E-state index contributed by atoms with van der Waals surface area (Å²) >= 11 is 6.28. The summed E-state index contributed by atoms with van der Waals surface area (Å²) in [6.07, 6.45) is 7.33. The Morgan fingerprint density at radius 1 is 1.30 bits per heavy atom. The van der Waals surface area contributed by atoms with Crippen LogP contribution < -0.4 is 5.32 Å². The summed E-state index contributed by atoms with van der Waals surface area (Å²) in [6, 6.07) is 0.596. The minimum atomic E-state index is 0.0422. The van der Waals surface area contributed by atoms with Gasteiger partial charge >= 0.3 is 0 Å². The summed E-state index contributed by atoms with van der Waals surface area (Å²) in [4.78, 5) is 10.9. The number of imidazole rings is 1. The number of aliphatic imine (C=N–C) groups is 1. The van der Waals surface area contributed by atoms with Crippen molar-refractivity contribution >= 4 is 22.7 Å². The van der Waals surface area contributed by atoms with Gasteiger partial charge in [0.05, 0.1) is 6.33 Å². The predicted molar refractivity (Wildman–Crippen MR) is 79.0 cm³/mol. The van der Waals surface area contributed by atoms with E-state index in [9.17, 15) is 0 Å². The van der Waals surface area contributed by atoms with E-state index in [1.54, 1.807) is 0 Å². The molecule has 4 unspecified atom stereocenters. The zero-order chi connectivity index (χ0) is 13.9. The van der Waals surface area contributed by atoms with E-state index in [0.717, 1.165) is 23.3 Å². The highest BCUT2D eigenvalue weighted by Crippen LogP contribution is 2.45. The molecular formula is C14H20ClN5. The van der Waals surface area contributed by atoms with Crippen LogP contribution in [0.25, 0.3) is 0 Å². The first-order chi connectivity index (χ1) is 9.63. The summed E-state index contributed by atoms with van der Waals surface area (Å²) in [7, 11) is 3.94. The summed E-state index contributed by atoms with van der Waals surface area (Å²) in [6.45, 7) is 0. The summed E-state index contributed by atoms with van der Waals surface area (Å²) < 4.78 is 1.93. The van der Waals surface area contributed by atoms with Crippen LogP contribution in [0.4, 0.5) is 5.82 Å². The number of fused-ring (bicyclic) bond motifs is 3. The summed E-state index contributed by atoms with van der Waals surface area (Å²) in [5.41, 5.74) is 0.988. The first-order valence-corrected chi connectivity index (χ1v) is 7.75. The van der Waals surface area contributed by atoms with E-state index in [-0.39, 0.29) is 6.17 Å². The molecule has 20 heavy (non-hydrogen) atoms. The van der Waals surface area contributed by atoms with Gasteiger partial charge in [0.1, 0.15) is 11.9 Å². The van der Waals surface area contributed by atoms with Crippen LogP contribution >= 0.6 is 11.6 Å². The van der Waals surface area contributed by atoms with Gasteiger partial charge in [-0.05, 0) is 42.7 Å². The number of aromatic nitrogens is 2. The van der Waals surface area contributed by atoms with Crippen molar-refractivity contribution in [2.24, 2.45) is 23.9 Å². The molecule has 4 atom stereocenters. The normalized spacial score (nSPS) is 35.4. The topological polar surface area (TPSA) is 45.5 Å². The number of nitrogens with zero attached hydrogens (tertiary/aromatic N) is 4. The molecule has 2 bridgehead atoms. The molecule has 0 saturated heterocycles. The predicted octanol–water partition coefficient (Wildman–Crippen LogP) is 2.37. The average molecular weight is 294 g/mol. The third-order valence-electron chi connectivity index (χ3n) is 5.18. The molecule has 1 aromatic heterocycles. The van der Waals surface area contributed by atoms with Crippen LogP contribution in [0, 0.1) is 11.8 Å². The van der Waals surface area contributed by atoms with Gasteiger partial charge in [0, 0.05) is 20.1 Å². The highest BCUT2D eigenvalue weighted by molar-refractivity contribution is 6.64. The van der Waals surface area contributed by atoms with Gasteiger partial charge in [-0.25, -0.2) is 4.98 Å². The smallest absolute Gasteiger partial charge is 0.201 e. The molecule has 3 aliphatic rings. The average Bonchev–Trinajstić information content (AvgIpc) is 3.12. The maximum Gasteiger partial charge on any atom is 0.201 e. The minimum absolute atomic E-state index is 0.0422. The summed E-state index contributed by atoms with van der Waals surface area (Å²) in [5, 5.41) is 4.31. The Kier molecular flexibility index (Phi) is 2.82. The van der Waals surface area contributed by atoms with Crippen LogP contribution in [0.3, 0.4) is 0 Å². The van der Waals surface area contributed by atoms with Gasteiger partial charge in [-0.3, -0.25) is 5.32 Å². The van der Waals surface area contributed by atoms with Gasteiger partial charge in [0.2, 0.25) is 5.29 Å². The molecule has 2 saturated carbocycles. The first-order valence-electron chi connectivity index (χ1n) is 7.37. The van der Waals surface area contributed by atoms with E-state index in [1.165, 1.54) is 25.7 Å². The lowest BCUT2D eigenvalue weighted by molar-refractivity contribution is 0.233. The number of hydrogen-bond acceptors (Lipinski definition) is 4. The molecule has 0 amide bonds. The SMILES string of the molecule is CN1C(Cl)=Nc2c(ncn2C)C1NC1CC2CCC1C2. The Balaban J connectivity index is 1.62. The van der Waals surface area contributed by atoms with Crippen molar-refractivity contribution in [3.8, 4) is 0 Å². The van der Waals surface area contributed by atoms with Crippen LogP contribution in [0.2, 0.25) is 0 Å². The second-order valence-electron chi connectivity index (χ2n) is 6.41. The first kappa shape index (κ1) is 12.7. The Bertz CT molecular complexity index is 566. The number of nitrogens with one attached hydrogen (secondary N) is 1. The molecule has 6 heteroatoms. The molecule has 2 heterocycles. The highest BCUT2D eigenvalue weighted by atomic mass is 35.5. The van der Waals surface area contributed by atoms with Crippen LogP contribution in [0.15, 0.2) is 11.3 Å². The largest absolute Gasteiger partial charge is 0.329 e. The Labute approximate surface area is 124 Å². The van der Waals surface area contributed by atoms with Gasteiger partial charge in [-0.1, -0.05) is 6.42 Å². The highest BCUT2D eigenvalue weighted by Gasteiger charge is 2.42. The Morgan fingerprint density at radius 3 is 2.85 bits per heavy atom. The molecule has 5 nitrogen and oxygen atoms in total. The van der Waals surface area contributed by atoms with Gasteiger partial charge in [-0.2, -0.15) is 4.99 Å². The number of halogens is 1. The maximum atomic E-state index is 6.28. The fraction of sp³-hybridized carbons (Fsp3) is 0.714. The molecule has 2 fully saturated rings. The van der Waals surface area contributed by atoms with Crippen molar-refractivity contribution in [2.75, 3.05) is 7.05 Å². The molecule has 0 radical (unpaired) electrons. The van der Waals surface area contributed by atoms with E-state index in [4.69, 9.17) is 11.6 Å². The van der Waals surface area contributed by atoms with Crippen molar-refractivity contribution in [1.29, 1.82) is 0 Å². The molecule has 1 aliphatic heterocycles. The van der Waals surface area contributed by atoms with Gasteiger partial charge in [-0.15, -0.1) is 0 Å². The lowest BCUT2D eigenvalue weighted by Gasteiger charge is -2.35. The molecule has 4 rings (SSSR count). The molecule has 1 N–H and O–H groups in total. The second-order valence-corrected chi connectivity index (χ2v) is 6.74. The van der Waals surface area contributed by atoms with Gasteiger partial charge in [0.25, 0.3) is 0 Å². The zero-order valence-corrected chi connectivity index (χ0v) is 12.6. The Morgan fingerprint density at radius 2 is 2.15 bits per heavy atom. The van der Waals surface area contributed by atoms with Crippen molar-refractivity contribution < 1.29 is 0 Å². The van der Waals surface area contributed by atoms with Crippen molar-refractivity contribution in [2.45, 2.75) is 37.9 Å². The molecule has 2 aliphatic carbocycles. The Hall–Kier alpha value is -1.07. The quantitative estimate of drug-likeness (QED) is 0.852. The number of aryl methyl sites for hydroxylation is 1. The zero-order valence-electron chi connectivity index (χ0n) is 11.9. The fourth-order valence-corrected chi connectivity index (χ4v) is 4.25. The van der Waals surface area contributed by atoms with E-state index < -0.39 is 0 Å². The molecular weight excluding hydrogens is 274 g/mol. The number of amidine groups is 1. The molecule has 1 aromatic rings. The monoisotopic (exact) mass is 293 g/mol. The number of hydrogen-bond donors (Lipinski definition) is 1. The van der Waals surface area contributed by atoms with Gasteiger partial charge < -0.3 is 9.47 Å². The second kappa shape index (κ2) is 4.46. The van der Waals surface area contributed by atoms with Crippen LogP contribution in [-0.4, -0.2) is 32.8 Å². The molecule has 0 spiro atoms. The summed E-state index contributed by atoms with van der Waals surface area (Å²) in [5.74, 6) is 2.63. The minimum Gasteiger partial charge on any atom is -0.329 e. The maximum absolute atomic E-state index is 6.28. The van der Waals surface area contributed by atoms with E-state index in [0.29, 0.717) is 11.3 Å². The van der Waals surface area contributed by atoms with Crippen LogP contribution in [0.1, 0.15) is 37.5 Å². The van der Waals surface area contributed by atoms with E-state index in [1.807, 2.05) is 29.9 Å². The third-order valence-corrected chi connectivity index (χ3v) is 5.53. The van der Waals surface area contributed by atoms with Crippen molar-refractivity contribution in [3.63, 3.8) is 0 Å². The van der Waals surface area contributed by atoms with Crippen LogP contribution in [0.5, 0.6) is 0 Å². The van der Waals surface area contributed by atoms with Crippen molar-refractivity contribution in [3.05, 3.63) is 12.0 Å². The third kappa shape index (κ3) is 1.79. The lowest BCUT2D eigenvalue weighted by atomic mass is 9.95. The van der Waals surface area contributed by atoms with E-state index in [2.05, 4.69) is 15.3 Å².